The van der Waals surface area contributed by atoms with Crippen LogP contribution in [-0.2, 0) is 17.6 Å². The highest BCUT2D eigenvalue weighted by atomic mass is 32.2. The fourth-order valence-corrected chi connectivity index (χ4v) is 5.09. The van der Waals surface area contributed by atoms with Gasteiger partial charge in [-0.15, -0.1) is 0 Å². The molecular formula is C27H25N3O2S. The van der Waals surface area contributed by atoms with Crippen molar-refractivity contribution in [1.29, 1.82) is 0 Å². The summed E-state index contributed by atoms with van der Waals surface area (Å²) in [7, 11) is 0. The number of hydrogen-bond donors (Lipinski definition) is 1. The monoisotopic (exact) mass is 455 g/mol. The topological polar surface area (TPSA) is 64.0 Å². The molecule has 0 saturated carbocycles. The van der Waals surface area contributed by atoms with E-state index in [9.17, 15) is 9.59 Å². The van der Waals surface area contributed by atoms with E-state index in [1.54, 1.807) is 10.6 Å². The largest absolute Gasteiger partial charge is 0.325 e. The number of thioether (sulfide) groups is 1. The first kappa shape index (κ1) is 21.5. The fourth-order valence-electron chi connectivity index (χ4n) is 4.28. The number of carbonyl (C=O) groups is 1. The summed E-state index contributed by atoms with van der Waals surface area (Å²) in [6, 6.07) is 19.4. The summed E-state index contributed by atoms with van der Waals surface area (Å²) in [6.45, 7) is 4.06. The summed E-state index contributed by atoms with van der Waals surface area (Å²) in [5, 5.41) is 4.06. The molecule has 0 atom stereocenters. The van der Waals surface area contributed by atoms with E-state index in [0.29, 0.717) is 16.1 Å². The third kappa shape index (κ3) is 4.31. The molecule has 3 aromatic carbocycles. The molecule has 33 heavy (non-hydrogen) atoms. The van der Waals surface area contributed by atoms with E-state index in [1.165, 1.54) is 29.3 Å². The second-order valence-corrected chi connectivity index (χ2v) is 9.44. The molecule has 166 valence electrons. The van der Waals surface area contributed by atoms with Crippen molar-refractivity contribution in [3.63, 3.8) is 0 Å². The van der Waals surface area contributed by atoms with Crippen LogP contribution in [0.5, 0.6) is 0 Å². The summed E-state index contributed by atoms with van der Waals surface area (Å²) >= 11 is 1.27. The average Bonchev–Trinajstić information content (AvgIpc) is 3.28. The van der Waals surface area contributed by atoms with Crippen LogP contribution in [0.3, 0.4) is 0 Å². The first-order valence-corrected chi connectivity index (χ1v) is 12.1. The normalized spacial score (nSPS) is 12.7. The van der Waals surface area contributed by atoms with Crippen LogP contribution in [0.25, 0.3) is 16.6 Å². The highest BCUT2D eigenvalue weighted by molar-refractivity contribution is 7.99. The van der Waals surface area contributed by atoms with Gasteiger partial charge in [0.15, 0.2) is 5.16 Å². The standard InChI is InChI=1S/C27H25N3O2S/c1-17-10-13-22(14-18(17)2)30-26(32)23-8-3-4-9-24(23)29-27(30)33-16-25(31)28-21-12-11-19-6-5-7-20(19)15-21/h3-4,8-15H,5-7,16H2,1-2H3,(H,28,31). The van der Waals surface area contributed by atoms with Crippen molar-refractivity contribution in [2.24, 2.45) is 0 Å². The van der Waals surface area contributed by atoms with Crippen molar-refractivity contribution >= 4 is 34.3 Å². The Morgan fingerprint density at radius 3 is 2.67 bits per heavy atom. The van der Waals surface area contributed by atoms with Crippen LogP contribution in [0.15, 0.2) is 70.6 Å². The fraction of sp³-hybridized carbons (Fsp3) is 0.222. The number of nitrogens with zero attached hydrogens (tertiary/aromatic N) is 2. The molecule has 4 aromatic rings. The Bertz CT molecular complexity index is 1440. The molecule has 1 aromatic heterocycles. The van der Waals surface area contributed by atoms with Crippen LogP contribution >= 0.6 is 11.8 Å². The second kappa shape index (κ2) is 8.87. The smallest absolute Gasteiger partial charge is 0.266 e. The Morgan fingerprint density at radius 1 is 1.00 bits per heavy atom. The van der Waals surface area contributed by atoms with E-state index in [2.05, 4.69) is 17.4 Å². The number of benzene rings is 3. The molecule has 1 amide bonds. The number of carbonyl (C=O) groups excluding carboxylic acids is 1. The molecule has 0 radical (unpaired) electrons. The number of amides is 1. The van der Waals surface area contributed by atoms with Gasteiger partial charge in [-0.05, 0) is 91.8 Å². The first-order valence-electron chi connectivity index (χ1n) is 11.1. The average molecular weight is 456 g/mol. The second-order valence-electron chi connectivity index (χ2n) is 8.49. The van der Waals surface area contributed by atoms with Gasteiger partial charge in [0, 0.05) is 5.69 Å². The maximum absolute atomic E-state index is 13.4. The minimum atomic E-state index is -0.134. The lowest BCUT2D eigenvalue weighted by molar-refractivity contribution is -0.113. The van der Waals surface area contributed by atoms with Crippen LogP contribution < -0.4 is 10.9 Å². The predicted octanol–water partition coefficient (Wildman–Crippen LogP) is 5.22. The zero-order chi connectivity index (χ0) is 22.9. The van der Waals surface area contributed by atoms with Gasteiger partial charge in [0.1, 0.15) is 0 Å². The van der Waals surface area contributed by atoms with Crippen molar-refractivity contribution in [1.82, 2.24) is 9.55 Å². The Labute approximate surface area is 196 Å². The number of hydrogen-bond acceptors (Lipinski definition) is 4. The molecule has 0 saturated heterocycles. The number of para-hydroxylation sites is 1. The van der Waals surface area contributed by atoms with E-state index in [0.717, 1.165) is 35.3 Å². The Kier molecular flexibility index (Phi) is 5.77. The van der Waals surface area contributed by atoms with Gasteiger partial charge in [-0.2, -0.15) is 0 Å². The summed E-state index contributed by atoms with van der Waals surface area (Å²) in [5.74, 6) is 0.0409. The molecule has 0 fully saturated rings. The van der Waals surface area contributed by atoms with Crippen LogP contribution in [0, 0.1) is 13.8 Å². The number of aromatic nitrogens is 2. The van der Waals surface area contributed by atoms with E-state index in [-0.39, 0.29) is 17.2 Å². The Hall–Kier alpha value is -3.38. The number of fused-ring (bicyclic) bond motifs is 2. The Morgan fingerprint density at radius 2 is 1.82 bits per heavy atom. The van der Waals surface area contributed by atoms with E-state index < -0.39 is 0 Å². The molecule has 0 unspecified atom stereocenters. The predicted molar refractivity (Wildman–Crippen MR) is 135 cm³/mol. The third-order valence-electron chi connectivity index (χ3n) is 6.21. The van der Waals surface area contributed by atoms with Crippen molar-refractivity contribution in [2.45, 2.75) is 38.3 Å². The number of rotatable bonds is 5. The molecule has 0 bridgehead atoms. The summed E-state index contributed by atoms with van der Waals surface area (Å²) < 4.78 is 1.61. The van der Waals surface area contributed by atoms with Gasteiger partial charge in [-0.3, -0.25) is 14.2 Å². The van der Waals surface area contributed by atoms with E-state index in [1.807, 2.05) is 56.3 Å². The minimum Gasteiger partial charge on any atom is -0.325 e. The minimum absolute atomic E-state index is 0.119. The maximum Gasteiger partial charge on any atom is 0.266 e. The van der Waals surface area contributed by atoms with Crippen LogP contribution in [0.4, 0.5) is 5.69 Å². The van der Waals surface area contributed by atoms with Crippen LogP contribution in [0.2, 0.25) is 0 Å². The lowest BCUT2D eigenvalue weighted by Crippen LogP contribution is -2.23. The highest BCUT2D eigenvalue weighted by Gasteiger charge is 2.16. The quantitative estimate of drug-likeness (QED) is 0.331. The van der Waals surface area contributed by atoms with Gasteiger partial charge in [-0.1, -0.05) is 36.0 Å². The maximum atomic E-state index is 13.4. The summed E-state index contributed by atoms with van der Waals surface area (Å²) in [6.07, 6.45) is 3.35. The lowest BCUT2D eigenvalue weighted by Gasteiger charge is -2.14. The summed E-state index contributed by atoms with van der Waals surface area (Å²) in [5.41, 5.74) is 7.01. The molecule has 0 spiro atoms. The lowest BCUT2D eigenvalue weighted by atomic mass is 10.1. The molecule has 5 nitrogen and oxygen atoms in total. The van der Waals surface area contributed by atoms with Crippen molar-refractivity contribution < 1.29 is 4.79 Å². The van der Waals surface area contributed by atoms with Gasteiger partial charge < -0.3 is 5.32 Å². The van der Waals surface area contributed by atoms with E-state index in [4.69, 9.17) is 4.98 Å². The third-order valence-corrected chi connectivity index (χ3v) is 7.15. The Balaban J connectivity index is 1.45. The van der Waals surface area contributed by atoms with Crippen molar-refractivity contribution in [3.05, 3.63) is 93.3 Å². The van der Waals surface area contributed by atoms with Gasteiger partial charge in [-0.25, -0.2) is 4.98 Å². The van der Waals surface area contributed by atoms with Crippen LogP contribution in [-0.4, -0.2) is 21.2 Å². The molecule has 1 aliphatic carbocycles. The number of nitrogens with one attached hydrogen (secondary N) is 1. The zero-order valence-corrected chi connectivity index (χ0v) is 19.5. The molecule has 0 aliphatic heterocycles. The molecule has 1 N–H and O–H groups in total. The van der Waals surface area contributed by atoms with Gasteiger partial charge in [0.05, 0.1) is 22.3 Å². The van der Waals surface area contributed by atoms with Gasteiger partial charge in [0.25, 0.3) is 5.56 Å². The number of anilines is 1. The highest BCUT2D eigenvalue weighted by Crippen LogP contribution is 2.26. The SMILES string of the molecule is Cc1ccc(-n2c(SCC(=O)Nc3ccc4c(c3)CCC4)nc3ccccc3c2=O)cc1C. The molecule has 6 heteroatoms. The van der Waals surface area contributed by atoms with Crippen LogP contribution in [0.1, 0.15) is 28.7 Å². The van der Waals surface area contributed by atoms with Crippen molar-refractivity contribution in [2.75, 3.05) is 11.1 Å². The summed E-state index contributed by atoms with van der Waals surface area (Å²) in [4.78, 5) is 30.9. The molecule has 1 aliphatic rings. The van der Waals surface area contributed by atoms with Crippen molar-refractivity contribution in [3.8, 4) is 5.69 Å². The zero-order valence-electron chi connectivity index (χ0n) is 18.7. The molecule has 5 rings (SSSR count). The number of aryl methyl sites for hydroxylation is 4. The van der Waals surface area contributed by atoms with E-state index >= 15 is 0 Å². The van der Waals surface area contributed by atoms with Gasteiger partial charge in [0.2, 0.25) is 5.91 Å². The molecular weight excluding hydrogens is 430 g/mol. The molecule has 1 heterocycles. The van der Waals surface area contributed by atoms with Gasteiger partial charge >= 0.3 is 0 Å². The first-order chi connectivity index (χ1) is 16.0.